The highest BCUT2D eigenvalue weighted by Gasteiger charge is 2.37. The smallest absolute Gasteiger partial charge is 0.298 e. The summed E-state index contributed by atoms with van der Waals surface area (Å²) in [7, 11) is 0. The molecule has 1 saturated heterocycles. The first-order chi connectivity index (χ1) is 14.1. The number of thioether (sulfide) groups is 1. The minimum Gasteiger partial charge on any atom is -0.454 e. The number of hydrogen-bond acceptors (Lipinski definition) is 6. The highest BCUT2D eigenvalue weighted by atomic mass is 32.2. The molecule has 5 nitrogen and oxygen atoms in total. The fourth-order valence-corrected chi connectivity index (χ4v) is 4.88. The molecular formula is C22H14N2O3S2. The van der Waals surface area contributed by atoms with Crippen molar-refractivity contribution in [3.63, 3.8) is 0 Å². The Morgan fingerprint density at radius 3 is 2.62 bits per heavy atom. The van der Waals surface area contributed by atoms with Crippen molar-refractivity contribution in [1.82, 2.24) is 4.98 Å². The van der Waals surface area contributed by atoms with E-state index in [4.69, 9.17) is 4.42 Å². The number of para-hydroxylation sites is 2. The second-order valence-corrected chi connectivity index (χ2v) is 8.52. The molecule has 142 valence electrons. The first-order valence-electron chi connectivity index (χ1n) is 8.89. The maximum Gasteiger partial charge on any atom is 0.298 e. The van der Waals surface area contributed by atoms with Crippen molar-refractivity contribution in [1.29, 1.82) is 0 Å². The fourth-order valence-electron chi connectivity index (χ4n) is 3.14. The molecule has 7 heteroatoms. The summed E-state index contributed by atoms with van der Waals surface area (Å²) >= 11 is 2.46. The van der Waals surface area contributed by atoms with Gasteiger partial charge >= 0.3 is 0 Å². The highest BCUT2D eigenvalue weighted by Crippen LogP contribution is 2.38. The number of imide groups is 1. The van der Waals surface area contributed by atoms with E-state index in [0.29, 0.717) is 22.1 Å². The number of fused-ring (bicyclic) bond motifs is 1. The summed E-state index contributed by atoms with van der Waals surface area (Å²) in [6.45, 7) is 1.87. The third-order valence-electron chi connectivity index (χ3n) is 4.55. The molecule has 0 atom stereocenters. The van der Waals surface area contributed by atoms with Crippen molar-refractivity contribution in [2.24, 2.45) is 0 Å². The third kappa shape index (κ3) is 3.18. The zero-order chi connectivity index (χ0) is 20.0. The molecule has 0 saturated carbocycles. The van der Waals surface area contributed by atoms with Crippen LogP contribution in [0.4, 0.5) is 10.5 Å². The zero-order valence-corrected chi connectivity index (χ0v) is 16.9. The van der Waals surface area contributed by atoms with E-state index in [1.165, 1.54) is 4.90 Å². The first-order valence-corrected chi connectivity index (χ1v) is 10.5. The molecule has 0 N–H and O–H groups in total. The standard InChI is InChI=1S/C22H14N2O3S2/c1-13-6-2-4-8-16(13)24-21(25)19(29-22(24)26)12-14-10-11-17(27-14)20-23-15-7-3-5-9-18(15)28-20/h2-12H,1H3/b19-12-. The van der Waals surface area contributed by atoms with Crippen LogP contribution in [0.25, 0.3) is 27.1 Å². The third-order valence-corrected chi connectivity index (χ3v) is 6.48. The molecule has 2 aromatic heterocycles. The van der Waals surface area contributed by atoms with Crippen LogP contribution in [0.15, 0.2) is 70.0 Å². The molecule has 1 aliphatic rings. The van der Waals surface area contributed by atoms with Gasteiger partial charge in [0.2, 0.25) is 0 Å². The molecule has 4 aromatic rings. The summed E-state index contributed by atoms with van der Waals surface area (Å²) in [5.74, 6) is 0.803. The number of carbonyl (C=O) groups excluding carboxylic acids is 2. The number of aromatic nitrogens is 1. The zero-order valence-electron chi connectivity index (χ0n) is 15.3. The minimum atomic E-state index is -0.341. The van der Waals surface area contributed by atoms with E-state index in [2.05, 4.69) is 4.98 Å². The van der Waals surface area contributed by atoms with E-state index < -0.39 is 0 Å². The number of benzene rings is 2. The summed E-state index contributed by atoms with van der Waals surface area (Å²) in [6, 6.07) is 18.8. The summed E-state index contributed by atoms with van der Waals surface area (Å²) in [5, 5.41) is 0.465. The van der Waals surface area contributed by atoms with Gasteiger partial charge in [0.1, 0.15) is 5.76 Å². The van der Waals surface area contributed by atoms with Gasteiger partial charge in [0.05, 0.1) is 20.8 Å². The van der Waals surface area contributed by atoms with Gasteiger partial charge in [-0.25, -0.2) is 9.88 Å². The number of anilines is 1. The molecule has 3 heterocycles. The van der Waals surface area contributed by atoms with Gasteiger partial charge < -0.3 is 4.42 Å². The van der Waals surface area contributed by atoms with Crippen LogP contribution in [0.5, 0.6) is 0 Å². The van der Waals surface area contributed by atoms with E-state index in [-0.39, 0.29) is 11.1 Å². The maximum atomic E-state index is 12.8. The Hall–Kier alpha value is -3.16. The molecule has 0 radical (unpaired) electrons. The number of aryl methyl sites for hydroxylation is 1. The summed E-state index contributed by atoms with van der Waals surface area (Å²) in [5.41, 5.74) is 2.39. The van der Waals surface area contributed by atoms with E-state index >= 15 is 0 Å². The maximum absolute atomic E-state index is 12.8. The van der Waals surface area contributed by atoms with Crippen molar-refractivity contribution in [3.8, 4) is 10.8 Å². The van der Waals surface area contributed by atoms with Gasteiger partial charge in [0, 0.05) is 6.08 Å². The van der Waals surface area contributed by atoms with Gasteiger partial charge in [0.25, 0.3) is 11.1 Å². The average molecular weight is 418 g/mol. The Labute approximate surface area is 174 Å². The molecule has 0 aliphatic carbocycles. The van der Waals surface area contributed by atoms with Gasteiger partial charge in [-0.3, -0.25) is 9.59 Å². The average Bonchev–Trinajstić information content (AvgIpc) is 3.41. The van der Waals surface area contributed by atoms with Crippen LogP contribution in [0.1, 0.15) is 11.3 Å². The number of hydrogen-bond donors (Lipinski definition) is 0. The molecule has 1 aliphatic heterocycles. The van der Waals surface area contributed by atoms with Gasteiger partial charge in [-0.1, -0.05) is 30.3 Å². The Kier molecular flexibility index (Phi) is 4.34. The van der Waals surface area contributed by atoms with Crippen molar-refractivity contribution in [3.05, 3.63) is 76.9 Å². The van der Waals surface area contributed by atoms with E-state index in [0.717, 1.165) is 32.5 Å². The van der Waals surface area contributed by atoms with Gasteiger partial charge in [-0.15, -0.1) is 11.3 Å². The van der Waals surface area contributed by atoms with E-state index in [1.54, 1.807) is 29.5 Å². The van der Waals surface area contributed by atoms with Crippen molar-refractivity contribution in [2.45, 2.75) is 6.92 Å². The lowest BCUT2D eigenvalue weighted by molar-refractivity contribution is -0.113. The largest absolute Gasteiger partial charge is 0.454 e. The molecule has 5 rings (SSSR count). The predicted molar refractivity (Wildman–Crippen MR) is 117 cm³/mol. The van der Waals surface area contributed by atoms with Crippen molar-refractivity contribution < 1.29 is 14.0 Å². The second-order valence-electron chi connectivity index (χ2n) is 6.49. The predicted octanol–water partition coefficient (Wildman–Crippen LogP) is 6.11. The molecule has 2 amide bonds. The summed E-state index contributed by atoms with van der Waals surface area (Å²) in [6.07, 6.45) is 1.61. The van der Waals surface area contributed by atoms with Crippen LogP contribution in [-0.4, -0.2) is 16.1 Å². The quantitative estimate of drug-likeness (QED) is 0.376. The highest BCUT2D eigenvalue weighted by molar-refractivity contribution is 8.19. The van der Waals surface area contributed by atoms with E-state index in [9.17, 15) is 9.59 Å². The summed E-state index contributed by atoms with van der Waals surface area (Å²) < 4.78 is 6.97. The lowest BCUT2D eigenvalue weighted by atomic mass is 10.2. The normalized spacial score (nSPS) is 15.8. The number of carbonyl (C=O) groups is 2. The topological polar surface area (TPSA) is 63.4 Å². The monoisotopic (exact) mass is 418 g/mol. The Balaban J connectivity index is 1.45. The molecule has 29 heavy (non-hydrogen) atoms. The first kappa shape index (κ1) is 17.9. The van der Waals surface area contributed by atoms with Crippen LogP contribution >= 0.6 is 23.1 Å². The Bertz CT molecular complexity index is 1270. The number of furan rings is 1. The number of rotatable bonds is 3. The van der Waals surface area contributed by atoms with Crippen molar-refractivity contribution >= 4 is 56.2 Å². The fraction of sp³-hybridized carbons (Fsp3) is 0.0455. The molecule has 0 spiro atoms. The van der Waals surface area contributed by atoms with Crippen LogP contribution in [0.2, 0.25) is 0 Å². The SMILES string of the molecule is Cc1ccccc1N1C(=O)S/C(=C\c2ccc(-c3nc4ccccc4s3)o2)C1=O. The van der Waals surface area contributed by atoms with Crippen molar-refractivity contribution in [2.75, 3.05) is 4.90 Å². The number of amides is 2. The van der Waals surface area contributed by atoms with Crippen LogP contribution in [-0.2, 0) is 4.79 Å². The number of nitrogens with zero attached hydrogens (tertiary/aromatic N) is 2. The second kappa shape index (κ2) is 7.02. The molecule has 0 bridgehead atoms. The number of thiazole rings is 1. The van der Waals surface area contributed by atoms with Crippen LogP contribution in [0.3, 0.4) is 0 Å². The van der Waals surface area contributed by atoms with Gasteiger partial charge in [-0.05, 0) is 54.6 Å². The van der Waals surface area contributed by atoms with Gasteiger partial charge in [-0.2, -0.15) is 0 Å². The minimum absolute atomic E-state index is 0.312. The van der Waals surface area contributed by atoms with Crippen LogP contribution in [0, 0.1) is 6.92 Å². The Morgan fingerprint density at radius 1 is 1.00 bits per heavy atom. The molecule has 0 unspecified atom stereocenters. The van der Waals surface area contributed by atoms with Gasteiger partial charge in [0.15, 0.2) is 10.8 Å². The molecule has 2 aromatic carbocycles. The molecule has 1 fully saturated rings. The Morgan fingerprint density at radius 2 is 1.79 bits per heavy atom. The van der Waals surface area contributed by atoms with E-state index in [1.807, 2.05) is 55.5 Å². The summed E-state index contributed by atoms with van der Waals surface area (Å²) in [4.78, 5) is 31.4. The lowest BCUT2D eigenvalue weighted by Crippen LogP contribution is -2.28. The lowest BCUT2D eigenvalue weighted by Gasteiger charge is -2.14. The molecular weight excluding hydrogens is 404 g/mol. The van der Waals surface area contributed by atoms with Crippen LogP contribution < -0.4 is 4.90 Å².